The van der Waals surface area contributed by atoms with E-state index in [-0.39, 0.29) is 12.1 Å². The van der Waals surface area contributed by atoms with Crippen molar-refractivity contribution < 1.29 is 4.79 Å². The molecule has 0 aliphatic carbocycles. The minimum atomic E-state index is -0.0368. The number of fused-ring (bicyclic) bond motifs is 1. The average molecular weight is 281 g/mol. The number of anilines is 1. The Hall–Kier alpha value is -1.30. The van der Waals surface area contributed by atoms with Gasteiger partial charge in [0.25, 0.3) is 0 Å². The van der Waals surface area contributed by atoms with Crippen LogP contribution in [0.3, 0.4) is 0 Å². The highest BCUT2D eigenvalue weighted by Gasteiger charge is 2.31. The molecule has 1 fully saturated rings. The third kappa shape index (κ3) is 2.41. The normalized spacial score (nSPS) is 21.2. The number of carbonyl (C=O) groups excluding carboxylic acids is 1. The summed E-state index contributed by atoms with van der Waals surface area (Å²) >= 11 is 6.21. The molecule has 0 aromatic heterocycles. The Kier molecular flexibility index (Phi) is 3.35. The average Bonchev–Trinajstić information content (AvgIpc) is 2.40. The first-order chi connectivity index (χ1) is 9.15. The van der Waals surface area contributed by atoms with Crippen molar-refractivity contribution in [2.24, 2.45) is 5.84 Å². The summed E-state index contributed by atoms with van der Waals surface area (Å²) in [5.74, 6) is 5.75. The quantitative estimate of drug-likeness (QED) is 0.774. The molecule has 0 radical (unpaired) electrons. The molecule has 102 valence electrons. The summed E-state index contributed by atoms with van der Waals surface area (Å²) in [6.07, 6.45) is 1.81. The van der Waals surface area contributed by atoms with Crippen LogP contribution in [0.15, 0.2) is 18.2 Å². The Morgan fingerprint density at radius 1 is 1.32 bits per heavy atom. The molecule has 1 aromatic carbocycles. The largest absolute Gasteiger partial charge is 0.322 e. The fraction of sp³-hybridized carbons (Fsp3) is 0.462. The number of piperidine rings is 1. The summed E-state index contributed by atoms with van der Waals surface area (Å²) in [6, 6.07) is 5.80. The van der Waals surface area contributed by atoms with Crippen molar-refractivity contribution in [3.63, 3.8) is 0 Å². The maximum absolute atomic E-state index is 12.2. The molecule has 2 aliphatic heterocycles. The summed E-state index contributed by atoms with van der Waals surface area (Å²) < 4.78 is 0. The van der Waals surface area contributed by atoms with Gasteiger partial charge in [0.2, 0.25) is 0 Å². The van der Waals surface area contributed by atoms with E-state index >= 15 is 0 Å². The van der Waals surface area contributed by atoms with Crippen molar-refractivity contribution in [1.29, 1.82) is 0 Å². The van der Waals surface area contributed by atoms with Gasteiger partial charge in [-0.1, -0.05) is 17.7 Å². The Labute approximate surface area is 117 Å². The van der Waals surface area contributed by atoms with Crippen molar-refractivity contribution in [1.82, 2.24) is 9.91 Å². The van der Waals surface area contributed by atoms with Crippen LogP contribution in [0.5, 0.6) is 0 Å². The molecule has 3 rings (SSSR count). The number of nitrogens with one attached hydrogen (secondary N) is 1. The van der Waals surface area contributed by atoms with Gasteiger partial charge < -0.3 is 10.2 Å². The second-order valence-electron chi connectivity index (χ2n) is 5.09. The zero-order valence-corrected chi connectivity index (χ0v) is 11.4. The molecule has 3 N–H and O–H groups in total. The van der Waals surface area contributed by atoms with Gasteiger partial charge in [0.15, 0.2) is 0 Å². The Balaban J connectivity index is 1.81. The first-order valence-electron chi connectivity index (χ1n) is 6.50. The van der Waals surface area contributed by atoms with Crippen LogP contribution in [0, 0.1) is 0 Å². The van der Waals surface area contributed by atoms with Gasteiger partial charge in [0, 0.05) is 35.4 Å². The summed E-state index contributed by atoms with van der Waals surface area (Å²) in [6.45, 7) is 2.23. The van der Waals surface area contributed by atoms with Crippen LogP contribution in [0.4, 0.5) is 10.5 Å². The molecule has 0 unspecified atom stereocenters. The molecule has 0 saturated carbocycles. The van der Waals surface area contributed by atoms with E-state index < -0.39 is 0 Å². The van der Waals surface area contributed by atoms with Crippen molar-refractivity contribution in [3.05, 3.63) is 28.8 Å². The molecule has 19 heavy (non-hydrogen) atoms. The van der Waals surface area contributed by atoms with Gasteiger partial charge in [-0.2, -0.15) is 0 Å². The molecule has 1 saturated heterocycles. The molecule has 0 atom stereocenters. The molecule has 2 aliphatic rings. The standard InChI is InChI=1S/C13H17ClN4O/c14-11-2-1-3-12-10(11)8-18(13(19)16-12)9-4-6-17(15)7-5-9/h1-3,9H,4-8,15H2,(H,16,19). The SMILES string of the molecule is NN1CCC(N2Cc3c(Cl)cccc3NC2=O)CC1. The van der Waals surface area contributed by atoms with E-state index in [0.717, 1.165) is 37.2 Å². The number of nitrogens with two attached hydrogens (primary N) is 1. The number of rotatable bonds is 1. The minimum absolute atomic E-state index is 0.0368. The Bertz CT molecular complexity index is 499. The third-order valence-corrected chi connectivity index (χ3v) is 4.24. The van der Waals surface area contributed by atoms with E-state index in [1.807, 2.05) is 23.1 Å². The van der Waals surface area contributed by atoms with Crippen LogP contribution in [0.1, 0.15) is 18.4 Å². The summed E-state index contributed by atoms with van der Waals surface area (Å²) in [5.41, 5.74) is 1.82. The number of benzene rings is 1. The van der Waals surface area contributed by atoms with Crippen molar-refractivity contribution in [3.8, 4) is 0 Å². The lowest BCUT2D eigenvalue weighted by Gasteiger charge is -2.39. The molecular formula is C13H17ClN4O. The molecule has 5 nitrogen and oxygen atoms in total. The monoisotopic (exact) mass is 280 g/mol. The Morgan fingerprint density at radius 2 is 2.05 bits per heavy atom. The van der Waals surface area contributed by atoms with E-state index in [9.17, 15) is 4.79 Å². The number of halogens is 1. The second kappa shape index (κ2) is 5.00. The highest BCUT2D eigenvalue weighted by molar-refractivity contribution is 6.32. The lowest BCUT2D eigenvalue weighted by molar-refractivity contribution is 0.122. The topological polar surface area (TPSA) is 61.6 Å². The lowest BCUT2D eigenvalue weighted by Crippen LogP contribution is -2.51. The van der Waals surface area contributed by atoms with Gasteiger partial charge in [-0.25, -0.2) is 9.80 Å². The van der Waals surface area contributed by atoms with E-state index in [4.69, 9.17) is 17.4 Å². The smallest absolute Gasteiger partial charge is 0.317 e. The van der Waals surface area contributed by atoms with Gasteiger partial charge in [-0.15, -0.1) is 0 Å². The van der Waals surface area contributed by atoms with Crippen molar-refractivity contribution in [2.45, 2.75) is 25.4 Å². The number of urea groups is 1. The van der Waals surface area contributed by atoms with Crippen LogP contribution in [-0.2, 0) is 6.54 Å². The minimum Gasteiger partial charge on any atom is -0.317 e. The molecule has 0 bridgehead atoms. The molecule has 2 heterocycles. The molecule has 6 heteroatoms. The number of nitrogens with zero attached hydrogens (tertiary/aromatic N) is 2. The summed E-state index contributed by atoms with van der Waals surface area (Å²) in [5, 5.41) is 5.43. The highest BCUT2D eigenvalue weighted by Crippen LogP contribution is 2.31. The number of hydrogen-bond acceptors (Lipinski definition) is 3. The molecule has 2 amide bonds. The fourth-order valence-corrected chi connectivity index (χ4v) is 2.99. The first kappa shape index (κ1) is 12.7. The fourth-order valence-electron chi connectivity index (χ4n) is 2.76. The number of hydrogen-bond donors (Lipinski definition) is 2. The van der Waals surface area contributed by atoms with E-state index in [0.29, 0.717) is 11.6 Å². The zero-order chi connectivity index (χ0) is 13.4. The van der Waals surface area contributed by atoms with Gasteiger partial charge in [0.05, 0.1) is 6.54 Å². The third-order valence-electron chi connectivity index (χ3n) is 3.89. The van der Waals surface area contributed by atoms with E-state index in [1.54, 1.807) is 5.01 Å². The van der Waals surface area contributed by atoms with Crippen LogP contribution in [0.2, 0.25) is 5.02 Å². The first-order valence-corrected chi connectivity index (χ1v) is 6.87. The Morgan fingerprint density at radius 3 is 2.79 bits per heavy atom. The van der Waals surface area contributed by atoms with Crippen LogP contribution >= 0.6 is 11.6 Å². The van der Waals surface area contributed by atoms with Crippen molar-refractivity contribution >= 4 is 23.3 Å². The molecule has 1 aromatic rings. The van der Waals surface area contributed by atoms with Crippen LogP contribution in [0.25, 0.3) is 0 Å². The van der Waals surface area contributed by atoms with E-state index in [2.05, 4.69) is 5.32 Å². The number of carbonyl (C=O) groups is 1. The van der Waals surface area contributed by atoms with Gasteiger partial charge >= 0.3 is 6.03 Å². The number of hydrazine groups is 1. The van der Waals surface area contributed by atoms with Crippen molar-refractivity contribution in [2.75, 3.05) is 18.4 Å². The second-order valence-corrected chi connectivity index (χ2v) is 5.50. The maximum atomic E-state index is 12.2. The zero-order valence-electron chi connectivity index (χ0n) is 10.6. The maximum Gasteiger partial charge on any atom is 0.322 e. The van der Waals surface area contributed by atoms with Crippen LogP contribution < -0.4 is 11.2 Å². The lowest BCUT2D eigenvalue weighted by atomic mass is 10.0. The number of amides is 2. The predicted octanol–water partition coefficient (Wildman–Crippen LogP) is 2.03. The summed E-state index contributed by atoms with van der Waals surface area (Å²) in [4.78, 5) is 14.1. The molecule has 0 spiro atoms. The highest BCUT2D eigenvalue weighted by atomic mass is 35.5. The van der Waals surface area contributed by atoms with Gasteiger partial charge in [-0.05, 0) is 25.0 Å². The van der Waals surface area contributed by atoms with Gasteiger partial charge in [0.1, 0.15) is 0 Å². The summed E-state index contributed by atoms with van der Waals surface area (Å²) in [7, 11) is 0. The van der Waals surface area contributed by atoms with E-state index in [1.165, 1.54) is 0 Å². The molecular weight excluding hydrogens is 264 g/mol. The van der Waals surface area contributed by atoms with Crippen LogP contribution in [-0.4, -0.2) is 35.1 Å². The predicted molar refractivity (Wildman–Crippen MR) is 74.8 cm³/mol. The van der Waals surface area contributed by atoms with Gasteiger partial charge in [-0.3, -0.25) is 5.84 Å².